The second kappa shape index (κ2) is 54.4. The van der Waals surface area contributed by atoms with E-state index in [1.54, 1.807) is 102 Å². The van der Waals surface area contributed by atoms with Crippen LogP contribution in [0.4, 0.5) is 0 Å². The summed E-state index contributed by atoms with van der Waals surface area (Å²) in [5.74, 6) is -1.34. The number of nitrogens with one attached hydrogen (secondary N) is 1. The molecule has 3 heterocycles. The molecule has 28 heteroatoms. The monoisotopic (exact) mass is 2000 g/mol. The van der Waals surface area contributed by atoms with Gasteiger partial charge in [-0.3, -0.25) is 33.6 Å². The van der Waals surface area contributed by atoms with Crippen LogP contribution in [-0.4, -0.2) is 161 Å². The first-order valence-corrected chi connectivity index (χ1v) is 49.2. The predicted octanol–water partition coefficient (Wildman–Crippen LogP) is 21.9. The highest BCUT2D eigenvalue weighted by molar-refractivity contribution is 6.68. The smallest absolute Gasteiger partial charge is 0.339 e. The number of carboxylic acids is 1. The van der Waals surface area contributed by atoms with Gasteiger partial charge >= 0.3 is 5.97 Å². The number of hydrogen-bond donors (Lipinski definition) is 7. The lowest BCUT2D eigenvalue weighted by Crippen LogP contribution is -2.30. The molecular weight excluding hydrogens is 1870 g/mol. The van der Waals surface area contributed by atoms with E-state index in [1.165, 1.54) is 45.2 Å². The Balaban J connectivity index is 0.000000169. The molecule has 0 spiro atoms. The van der Waals surface area contributed by atoms with Gasteiger partial charge in [0, 0.05) is 118 Å². The number of carbonyl (C=O) groups is 8. The van der Waals surface area contributed by atoms with Crippen LogP contribution in [0.3, 0.4) is 0 Å². The number of amides is 6. The van der Waals surface area contributed by atoms with Crippen LogP contribution in [0.1, 0.15) is 229 Å². The van der Waals surface area contributed by atoms with Crippen LogP contribution in [-0.2, 0) is 78.9 Å². The summed E-state index contributed by atoms with van der Waals surface area (Å²) < 4.78 is 36.3. The zero-order valence-electron chi connectivity index (χ0n) is 83.6. The lowest BCUT2D eigenvalue weighted by Gasteiger charge is -2.23. The fraction of sp³-hybridized carbons (Fsp3) is 0.271. The van der Waals surface area contributed by atoms with Gasteiger partial charge in [-0.1, -0.05) is 254 Å². The Kier molecular flexibility index (Phi) is 40.5. The maximum atomic E-state index is 14.1. The average Bonchev–Trinajstić information content (AvgIpc) is 1.55. The predicted molar refractivity (Wildman–Crippen MR) is 560 cm³/mol. The standard InChI is InChI=1S/C35H36N2O5.C27H28ClNO4.C27H29NO5.C21H24N2O5.C8H9NO/c1-3-4-17-36(2)34(39)30-19-31(35(40)37-21-27-15-16-29(38)18-28(27)22-37)33(42-24-26-13-9-6-10-14-26)20-32(30)41-23-25-11-7-5-8-12-25;1-3-4-15-29(2)27(31)23-16-22(26(28)30)24(32-18-20-11-7-5-8-12-20)17-25(23)33-19-21-13-9-6-10-14-21;1-3-4-15-28(2)26(29)22-16-23(27(30)31)25(33-19-21-13-9-6-10-14-21)17-24(22)32-18-20-11-7-5-8-12-20;1-3-4-7-22(2)20(27)16-9-17(19(26)10-18(16)25)21(28)23-11-13-5-6-15(24)8-14(13)12-23;10-8-2-1-6-4-9-5-7(6)3-8/h5-16,18-20,38H,3-4,17,21-24H2,1-2H3;5-14,16-17H,3-4,15,18-19H2,1-2H3;5-14,16-17H,3-4,15,18-19H2,1-2H3,(H,30,31);5-6,8-10,24-26H,3-4,7,11-12H2,1-2H3;1-3,9-10H,4-5H2. The molecule has 0 aromatic heterocycles. The van der Waals surface area contributed by atoms with Gasteiger partial charge in [0.15, 0.2) is 0 Å². The van der Waals surface area contributed by atoms with Gasteiger partial charge in [0.25, 0.3) is 40.7 Å². The fourth-order valence-corrected chi connectivity index (χ4v) is 16.3. The van der Waals surface area contributed by atoms with Crippen molar-refractivity contribution in [3.05, 3.63) is 396 Å². The Morgan fingerprint density at radius 3 is 0.863 bits per heavy atom. The van der Waals surface area contributed by atoms with E-state index in [4.69, 9.17) is 45.1 Å². The Morgan fingerprint density at radius 1 is 0.288 bits per heavy atom. The third kappa shape index (κ3) is 30.7. The Hall–Kier alpha value is -16.1. The molecule has 0 bridgehead atoms. The third-order valence-electron chi connectivity index (χ3n) is 24.6. The molecule has 760 valence electrons. The normalized spacial score (nSPS) is 11.7. The van der Waals surface area contributed by atoms with Crippen molar-refractivity contribution < 1.29 is 97.4 Å². The number of halogens is 1. The number of rotatable bonds is 38. The van der Waals surface area contributed by atoms with Gasteiger partial charge in [-0.15, -0.1) is 0 Å². The van der Waals surface area contributed by atoms with Gasteiger partial charge < -0.3 is 93.8 Å². The van der Waals surface area contributed by atoms with E-state index in [0.29, 0.717) is 92.2 Å². The van der Waals surface area contributed by atoms with E-state index in [-0.39, 0.29) is 131 Å². The minimum atomic E-state index is -1.17. The van der Waals surface area contributed by atoms with Gasteiger partial charge in [0.2, 0.25) is 0 Å². The summed E-state index contributed by atoms with van der Waals surface area (Å²) in [5, 5.41) is 61.3. The Bertz CT molecular complexity index is 6430. The number of ether oxygens (including phenoxy) is 6. The van der Waals surface area contributed by atoms with Gasteiger partial charge in [0.1, 0.15) is 108 Å². The van der Waals surface area contributed by atoms with E-state index in [1.807, 2.05) is 214 Å². The van der Waals surface area contributed by atoms with Crippen molar-refractivity contribution in [2.45, 2.75) is 158 Å². The minimum Gasteiger partial charge on any atom is -0.508 e. The van der Waals surface area contributed by atoms with Crippen molar-refractivity contribution in [3.8, 4) is 63.2 Å². The molecule has 3 aliphatic heterocycles. The Morgan fingerprint density at radius 2 is 0.541 bits per heavy atom. The molecule has 0 unspecified atom stereocenters. The number of fused-ring (bicyclic) bond motifs is 3. The summed E-state index contributed by atoms with van der Waals surface area (Å²) >= 11 is 5.87. The van der Waals surface area contributed by atoms with Gasteiger partial charge in [-0.25, -0.2) is 4.79 Å². The molecule has 13 aromatic rings. The molecule has 16 rings (SSSR count). The number of aromatic carboxylic acids is 1. The summed E-state index contributed by atoms with van der Waals surface area (Å²) in [6.07, 6.45) is 7.21. The van der Waals surface area contributed by atoms with Crippen molar-refractivity contribution in [1.29, 1.82) is 0 Å². The highest BCUT2D eigenvalue weighted by Crippen LogP contribution is 2.40. The molecular formula is C118H126ClN7O20. The first-order valence-electron chi connectivity index (χ1n) is 48.9. The van der Waals surface area contributed by atoms with E-state index in [0.717, 1.165) is 126 Å². The number of phenolic OH excluding ortho intramolecular Hbond substituents is 5. The van der Waals surface area contributed by atoms with Crippen LogP contribution >= 0.6 is 11.6 Å². The second-order valence-electron chi connectivity index (χ2n) is 35.8. The summed E-state index contributed by atoms with van der Waals surface area (Å²) in [4.78, 5) is 114. The van der Waals surface area contributed by atoms with E-state index < -0.39 is 23.0 Å². The molecule has 3 aliphatic rings. The largest absolute Gasteiger partial charge is 0.508 e. The molecule has 0 fully saturated rings. The molecule has 6 amide bonds. The number of unbranched alkanes of at least 4 members (excludes halogenated alkanes) is 4. The molecule has 0 atom stereocenters. The lowest BCUT2D eigenvalue weighted by atomic mass is 10.0. The number of hydrogen-bond acceptors (Lipinski definition) is 20. The quantitative estimate of drug-likeness (QED) is 0.0177. The average molecular weight is 2000 g/mol. The topological polar surface area (TPSA) is 345 Å². The molecule has 27 nitrogen and oxygen atoms in total. The van der Waals surface area contributed by atoms with Crippen LogP contribution in [0.15, 0.2) is 285 Å². The number of carboxylic acid groups (broad SMARTS) is 1. The highest BCUT2D eigenvalue weighted by atomic mass is 35.5. The zero-order valence-corrected chi connectivity index (χ0v) is 84.3. The van der Waals surface area contributed by atoms with Gasteiger partial charge in [-0.05, 0) is 165 Å². The highest BCUT2D eigenvalue weighted by Gasteiger charge is 2.34. The van der Waals surface area contributed by atoms with Gasteiger partial charge in [0.05, 0.1) is 38.9 Å². The van der Waals surface area contributed by atoms with E-state index in [9.17, 15) is 63.9 Å². The van der Waals surface area contributed by atoms with Crippen molar-refractivity contribution in [2.75, 3.05) is 54.4 Å². The summed E-state index contributed by atoms with van der Waals surface area (Å²) in [7, 11) is 6.85. The van der Waals surface area contributed by atoms with Crippen LogP contribution in [0.25, 0.3) is 0 Å². The number of aromatic hydroxyl groups is 5. The summed E-state index contributed by atoms with van der Waals surface area (Å²) in [6.45, 7) is 15.2. The van der Waals surface area contributed by atoms with Crippen LogP contribution in [0, 0.1) is 0 Å². The van der Waals surface area contributed by atoms with Gasteiger partial charge in [-0.2, -0.15) is 0 Å². The molecule has 0 saturated carbocycles. The first-order chi connectivity index (χ1) is 70.6. The molecule has 7 N–H and O–H groups in total. The summed E-state index contributed by atoms with van der Waals surface area (Å²) in [5.41, 5.74) is 12.9. The molecule has 0 radical (unpaired) electrons. The van der Waals surface area contributed by atoms with Crippen LogP contribution < -0.4 is 33.7 Å². The molecule has 13 aromatic carbocycles. The number of phenols is 5. The second-order valence-corrected chi connectivity index (χ2v) is 36.1. The lowest BCUT2D eigenvalue weighted by molar-refractivity contribution is 0.0687. The third-order valence-corrected chi connectivity index (χ3v) is 24.8. The van der Waals surface area contributed by atoms with Crippen LogP contribution in [0.2, 0.25) is 0 Å². The number of carbonyl (C=O) groups excluding carboxylic acids is 7. The Labute approximate surface area is 857 Å². The maximum Gasteiger partial charge on any atom is 0.339 e. The molecule has 146 heavy (non-hydrogen) atoms. The first kappa shape index (κ1) is 109. The fourth-order valence-electron chi connectivity index (χ4n) is 16.2. The molecule has 0 aliphatic carbocycles. The van der Waals surface area contributed by atoms with Crippen molar-refractivity contribution >= 4 is 58.3 Å². The van der Waals surface area contributed by atoms with E-state index in [2.05, 4.69) is 19.2 Å². The number of benzene rings is 13. The zero-order chi connectivity index (χ0) is 104. The van der Waals surface area contributed by atoms with Crippen molar-refractivity contribution in [3.63, 3.8) is 0 Å². The number of nitrogens with zero attached hydrogens (tertiary/aromatic N) is 6. The maximum absolute atomic E-state index is 14.1. The summed E-state index contributed by atoms with van der Waals surface area (Å²) in [6, 6.07) is 84.8. The molecule has 0 saturated heterocycles. The SMILES string of the molecule is CCCCN(C)C(=O)c1cc(C(=O)Cl)c(OCc2ccccc2)cc1OCc1ccccc1.CCCCN(C)C(=O)c1cc(C(=O)N2Cc3ccc(O)cc3C2)c(O)cc1O.CCCCN(C)C(=O)c1cc(C(=O)N2Cc3ccc(O)cc3C2)c(OCc2ccccc2)cc1OCc1ccccc1.CCCCN(C)C(=O)c1cc(C(=O)O)c(OCc2ccccc2)cc1OCc1ccccc1.Oc1ccc2c(c1)CNC2. The minimum absolute atomic E-state index is 0.0193. The van der Waals surface area contributed by atoms with E-state index >= 15 is 0 Å². The van der Waals surface area contributed by atoms with Crippen molar-refractivity contribution in [1.82, 2.24) is 34.7 Å². The van der Waals surface area contributed by atoms with Crippen molar-refractivity contribution in [2.24, 2.45) is 0 Å². The van der Waals surface area contributed by atoms with Crippen LogP contribution in [0.5, 0.6) is 63.2 Å².